The van der Waals surface area contributed by atoms with Gasteiger partial charge >= 0.3 is 0 Å². The Morgan fingerprint density at radius 3 is 2.57 bits per heavy atom. The Morgan fingerprint density at radius 2 is 1.80 bits per heavy atom. The molecule has 2 fully saturated rings. The summed E-state index contributed by atoms with van der Waals surface area (Å²) in [5, 5.41) is 9.85. The Morgan fingerprint density at radius 1 is 1.03 bits per heavy atom. The van der Waals surface area contributed by atoms with Gasteiger partial charge in [-0.3, -0.25) is 4.18 Å². The van der Waals surface area contributed by atoms with Crippen LogP contribution in [0.2, 0.25) is 0 Å². The maximum Gasteiger partial charge on any atom is 0.297 e. The van der Waals surface area contributed by atoms with Crippen molar-refractivity contribution in [2.75, 3.05) is 0 Å². The molecule has 1 N–H and O–H groups in total. The predicted octanol–water partition coefficient (Wildman–Crippen LogP) is 5.33. The highest BCUT2D eigenvalue weighted by Crippen LogP contribution is 2.61. The van der Waals surface area contributed by atoms with Gasteiger partial charge in [0.15, 0.2) is 0 Å². The second kappa shape index (κ2) is 7.10. The van der Waals surface area contributed by atoms with E-state index < -0.39 is 10.1 Å². The van der Waals surface area contributed by atoms with Crippen molar-refractivity contribution >= 4 is 10.1 Å². The Kier molecular flexibility index (Phi) is 4.75. The van der Waals surface area contributed by atoms with Crippen molar-refractivity contribution in [1.29, 1.82) is 0 Å². The van der Waals surface area contributed by atoms with E-state index in [1.807, 2.05) is 31.2 Å². The number of rotatable bonds is 3. The third kappa shape index (κ3) is 3.18. The monoisotopic (exact) mass is 426 g/mol. The zero-order valence-electron chi connectivity index (χ0n) is 17.7. The van der Waals surface area contributed by atoms with Crippen LogP contribution in [0.4, 0.5) is 0 Å². The molecule has 2 aromatic rings. The zero-order valence-corrected chi connectivity index (χ0v) is 18.5. The molecule has 0 unspecified atom stereocenters. The van der Waals surface area contributed by atoms with E-state index in [9.17, 15) is 13.5 Å². The summed E-state index contributed by atoms with van der Waals surface area (Å²) in [7, 11) is -3.76. The molecule has 2 aromatic carbocycles. The van der Waals surface area contributed by atoms with E-state index in [0.29, 0.717) is 23.5 Å². The van der Waals surface area contributed by atoms with E-state index in [-0.39, 0.29) is 16.4 Å². The van der Waals surface area contributed by atoms with Gasteiger partial charge in [-0.25, -0.2) is 0 Å². The summed E-state index contributed by atoms with van der Waals surface area (Å²) in [6, 6.07) is 12.8. The van der Waals surface area contributed by atoms with Crippen molar-refractivity contribution in [3.05, 3.63) is 59.2 Å². The fourth-order valence-electron chi connectivity index (χ4n) is 6.59. The zero-order chi connectivity index (χ0) is 21.1. The number of hydrogen-bond acceptors (Lipinski definition) is 4. The molecule has 0 radical (unpaired) electrons. The van der Waals surface area contributed by atoms with Gasteiger partial charge in [0.25, 0.3) is 10.1 Å². The van der Waals surface area contributed by atoms with Gasteiger partial charge in [-0.1, -0.05) is 30.7 Å². The Labute approximate surface area is 179 Å². The van der Waals surface area contributed by atoms with E-state index in [1.165, 1.54) is 11.1 Å². The molecule has 0 bridgehead atoms. The van der Waals surface area contributed by atoms with Crippen molar-refractivity contribution in [1.82, 2.24) is 0 Å². The molecule has 160 valence electrons. The SMILES string of the molecule is Cc1ccc(S(=O)(=O)O[C@@H]2CC[C@@H]3[C@H]4CCc5cc(O)ccc5[C@@H]4CC[C@@]32C)cc1. The van der Waals surface area contributed by atoms with Crippen LogP contribution >= 0.6 is 0 Å². The van der Waals surface area contributed by atoms with Crippen molar-refractivity contribution in [2.24, 2.45) is 17.3 Å². The lowest BCUT2D eigenvalue weighted by molar-refractivity contribution is -0.00804. The lowest BCUT2D eigenvalue weighted by atomic mass is 9.55. The number of fused-ring (bicyclic) bond motifs is 5. The van der Waals surface area contributed by atoms with E-state index in [4.69, 9.17) is 4.18 Å². The minimum atomic E-state index is -3.76. The van der Waals surface area contributed by atoms with Crippen LogP contribution in [0.1, 0.15) is 61.6 Å². The van der Waals surface area contributed by atoms with Crippen molar-refractivity contribution < 1.29 is 17.7 Å². The highest BCUT2D eigenvalue weighted by molar-refractivity contribution is 7.86. The quantitative estimate of drug-likeness (QED) is 0.674. The molecule has 0 spiro atoms. The fraction of sp³-hybridized carbons (Fsp3) is 0.520. The molecule has 0 amide bonds. The maximum absolute atomic E-state index is 12.9. The molecular formula is C25H30O4S. The van der Waals surface area contributed by atoms with Crippen molar-refractivity contribution in [2.45, 2.75) is 69.3 Å². The lowest BCUT2D eigenvalue weighted by Gasteiger charge is -2.50. The van der Waals surface area contributed by atoms with Crippen molar-refractivity contribution in [3.8, 4) is 5.75 Å². The van der Waals surface area contributed by atoms with E-state index >= 15 is 0 Å². The molecule has 5 rings (SSSR count). The Bertz CT molecular complexity index is 1060. The van der Waals surface area contributed by atoms with Crippen LogP contribution in [0.15, 0.2) is 47.4 Å². The summed E-state index contributed by atoms with van der Waals surface area (Å²) >= 11 is 0. The molecule has 30 heavy (non-hydrogen) atoms. The molecule has 5 heteroatoms. The van der Waals surface area contributed by atoms with Gasteiger partial charge in [0.2, 0.25) is 0 Å². The maximum atomic E-state index is 12.9. The molecule has 0 aliphatic heterocycles. The highest BCUT2D eigenvalue weighted by atomic mass is 32.2. The van der Waals surface area contributed by atoms with Gasteiger partial charge in [0.05, 0.1) is 11.0 Å². The number of aromatic hydroxyl groups is 1. The average molecular weight is 427 g/mol. The molecule has 5 atom stereocenters. The van der Waals surface area contributed by atoms with Gasteiger partial charge in [-0.05, 0) is 104 Å². The first-order chi connectivity index (χ1) is 14.3. The average Bonchev–Trinajstić information content (AvgIpc) is 3.03. The topological polar surface area (TPSA) is 63.6 Å². The van der Waals surface area contributed by atoms with E-state index in [2.05, 4.69) is 13.0 Å². The van der Waals surface area contributed by atoms with Crippen LogP contribution in [0.25, 0.3) is 0 Å². The number of hydrogen-bond donors (Lipinski definition) is 1. The molecule has 0 heterocycles. The Balaban J connectivity index is 1.39. The summed E-state index contributed by atoms with van der Waals surface area (Å²) < 4.78 is 31.8. The van der Waals surface area contributed by atoms with Gasteiger partial charge in [0.1, 0.15) is 5.75 Å². The normalized spacial score (nSPS) is 32.9. The van der Waals surface area contributed by atoms with Gasteiger partial charge in [-0.2, -0.15) is 8.42 Å². The van der Waals surface area contributed by atoms with Crippen LogP contribution in [-0.4, -0.2) is 19.6 Å². The van der Waals surface area contributed by atoms with Crippen LogP contribution in [0.3, 0.4) is 0 Å². The summed E-state index contributed by atoms with van der Waals surface area (Å²) in [6.07, 6.45) is 5.71. The number of benzene rings is 2. The van der Waals surface area contributed by atoms with E-state index in [0.717, 1.165) is 44.1 Å². The molecule has 0 saturated heterocycles. The van der Waals surface area contributed by atoms with Gasteiger partial charge < -0.3 is 5.11 Å². The molecule has 3 aliphatic carbocycles. The number of phenolic OH excluding ortho intramolecular Hbond substituents is 1. The summed E-state index contributed by atoms with van der Waals surface area (Å²) in [5.74, 6) is 1.91. The second-order valence-corrected chi connectivity index (χ2v) is 11.3. The highest BCUT2D eigenvalue weighted by Gasteiger charge is 2.56. The molecule has 0 aromatic heterocycles. The Hall–Kier alpha value is -1.85. The van der Waals surface area contributed by atoms with Gasteiger partial charge in [0, 0.05) is 0 Å². The number of aryl methyl sites for hydroxylation is 2. The molecular weight excluding hydrogens is 396 g/mol. The van der Waals surface area contributed by atoms with Gasteiger partial charge in [-0.15, -0.1) is 0 Å². The largest absolute Gasteiger partial charge is 0.508 e. The third-order valence-corrected chi connectivity index (χ3v) is 9.51. The van der Waals surface area contributed by atoms with Crippen LogP contribution in [-0.2, 0) is 20.7 Å². The predicted molar refractivity (Wildman–Crippen MR) is 116 cm³/mol. The molecule has 3 aliphatic rings. The van der Waals surface area contributed by atoms with Crippen LogP contribution < -0.4 is 0 Å². The van der Waals surface area contributed by atoms with Crippen LogP contribution in [0, 0.1) is 24.2 Å². The smallest absolute Gasteiger partial charge is 0.297 e. The first-order valence-corrected chi connectivity index (χ1v) is 12.5. The minimum absolute atomic E-state index is 0.104. The first kappa shape index (κ1) is 20.1. The number of phenols is 1. The third-order valence-electron chi connectivity index (χ3n) is 8.18. The summed E-state index contributed by atoms with van der Waals surface area (Å²) in [5.41, 5.74) is 3.61. The lowest BCUT2D eigenvalue weighted by Crippen LogP contribution is -2.45. The van der Waals surface area contributed by atoms with Crippen molar-refractivity contribution in [3.63, 3.8) is 0 Å². The van der Waals surface area contributed by atoms with Crippen LogP contribution in [0.5, 0.6) is 5.75 Å². The standard InChI is InChI=1S/C25H30O4S/c1-16-3-7-19(8-4-16)30(27,28)29-24-12-11-23-22-9-5-17-15-18(26)6-10-20(17)21(22)13-14-25(23,24)2/h3-4,6-8,10,15,21-24,26H,5,9,11-14H2,1-2H3/t21-,22-,23+,24+,25-/m0/s1. The molecule has 2 saturated carbocycles. The summed E-state index contributed by atoms with van der Waals surface area (Å²) in [6.45, 7) is 4.20. The molecule has 4 nitrogen and oxygen atoms in total. The first-order valence-electron chi connectivity index (χ1n) is 11.1. The fourth-order valence-corrected chi connectivity index (χ4v) is 7.79. The summed E-state index contributed by atoms with van der Waals surface area (Å²) in [4.78, 5) is 0.250. The second-order valence-electron chi connectivity index (χ2n) is 9.77. The van der Waals surface area contributed by atoms with E-state index in [1.54, 1.807) is 12.1 Å². The minimum Gasteiger partial charge on any atom is -0.508 e.